The maximum Gasteiger partial charge on any atom is 0.244 e. The third kappa shape index (κ3) is 7.95. The lowest BCUT2D eigenvalue weighted by atomic mass is 10.1. The van der Waals surface area contributed by atoms with Gasteiger partial charge in [0, 0.05) is 12.6 Å². The molecule has 0 bridgehead atoms. The summed E-state index contributed by atoms with van der Waals surface area (Å²) in [6.45, 7) is 6.91. The van der Waals surface area contributed by atoms with Crippen molar-refractivity contribution in [1.29, 1.82) is 0 Å². The van der Waals surface area contributed by atoms with Crippen LogP contribution in [-0.2, 0) is 26.2 Å². The highest BCUT2D eigenvalue weighted by atomic mass is 32.2. The summed E-state index contributed by atoms with van der Waals surface area (Å²) < 4.78 is 45.4. The molecule has 2 aromatic carbocycles. The van der Waals surface area contributed by atoms with E-state index in [0.29, 0.717) is 24.3 Å². The van der Waals surface area contributed by atoms with Crippen LogP contribution < -0.4 is 14.4 Å². The van der Waals surface area contributed by atoms with Gasteiger partial charge in [-0.2, -0.15) is 0 Å². The van der Waals surface area contributed by atoms with E-state index in [2.05, 4.69) is 5.32 Å². The second kappa shape index (κ2) is 12.5. The van der Waals surface area contributed by atoms with Crippen LogP contribution in [0.4, 0.5) is 10.1 Å². The van der Waals surface area contributed by atoms with Gasteiger partial charge in [-0.05, 0) is 57.0 Å². The van der Waals surface area contributed by atoms with Gasteiger partial charge in [0.2, 0.25) is 21.8 Å². The van der Waals surface area contributed by atoms with Gasteiger partial charge in [-0.15, -0.1) is 0 Å². The summed E-state index contributed by atoms with van der Waals surface area (Å²) in [5.74, 6) is -1.06. The molecule has 2 amide bonds. The number of ether oxygens (including phenoxy) is 1. The number of nitrogens with one attached hydrogen (secondary N) is 1. The minimum absolute atomic E-state index is 0.00108. The average molecular weight is 508 g/mol. The molecule has 35 heavy (non-hydrogen) atoms. The Bertz CT molecular complexity index is 1110. The van der Waals surface area contributed by atoms with Gasteiger partial charge in [0.05, 0.1) is 18.6 Å². The van der Waals surface area contributed by atoms with E-state index in [1.54, 1.807) is 38.1 Å². The molecule has 2 aromatic rings. The minimum Gasteiger partial charge on any atom is -0.492 e. The summed E-state index contributed by atoms with van der Waals surface area (Å²) in [5, 5.41) is 2.86. The molecule has 2 rings (SSSR count). The van der Waals surface area contributed by atoms with E-state index in [1.165, 1.54) is 29.2 Å². The van der Waals surface area contributed by atoms with Gasteiger partial charge in [0.25, 0.3) is 0 Å². The van der Waals surface area contributed by atoms with Crippen molar-refractivity contribution in [2.75, 3.05) is 23.7 Å². The number of benzene rings is 2. The second-order valence-electron chi connectivity index (χ2n) is 8.31. The fraction of sp³-hybridized carbons (Fsp3) is 0.440. The van der Waals surface area contributed by atoms with E-state index in [1.807, 2.05) is 13.8 Å². The number of hydrogen-bond donors (Lipinski definition) is 1. The van der Waals surface area contributed by atoms with E-state index in [-0.39, 0.29) is 24.2 Å². The second-order valence-corrected chi connectivity index (χ2v) is 10.2. The molecular weight excluding hydrogens is 473 g/mol. The summed E-state index contributed by atoms with van der Waals surface area (Å²) in [5.41, 5.74) is 0.826. The van der Waals surface area contributed by atoms with Crippen molar-refractivity contribution in [2.45, 2.75) is 52.7 Å². The molecule has 0 fully saturated rings. The van der Waals surface area contributed by atoms with Crippen molar-refractivity contribution in [3.05, 3.63) is 59.9 Å². The highest BCUT2D eigenvalue weighted by Gasteiger charge is 2.31. The molecule has 1 N–H and O–H groups in total. The average Bonchev–Trinajstić information content (AvgIpc) is 2.81. The third-order valence-electron chi connectivity index (χ3n) is 5.55. The maximum absolute atomic E-state index is 13.5. The molecule has 2 atom stereocenters. The smallest absolute Gasteiger partial charge is 0.244 e. The maximum atomic E-state index is 13.5. The molecule has 0 unspecified atom stereocenters. The van der Waals surface area contributed by atoms with E-state index in [0.717, 1.165) is 10.6 Å². The first-order valence-electron chi connectivity index (χ1n) is 11.5. The number of halogens is 1. The van der Waals surface area contributed by atoms with Crippen LogP contribution in [0.15, 0.2) is 48.5 Å². The summed E-state index contributed by atoms with van der Waals surface area (Å²) in [4.78, 5) is 27.7. The lowest BCUT2D eigenvalue weighted by Gasteiger charge is -2.32. The quantitative estimate of drug-likeness (QED) is 0.476. The van der Waals surface area contributed by atoms with E-state index < -0.39 is 34.3 Å². The number of anilines is 1. The molecule has 0 saturated heterocycles. The monoisotopic (exact) mass is 507 g/mol. The van der Waals surface area contributed by atoms with Crippen LogP contribution in [0.5, 0.6) is 5.75 Å². The SMILES string of the molecule is CCOc1ccccc1N(CC(=O)N(Cc1ccc(F)cc1)[C@@H](C)C(=O)N[C@@H](C)CC)S(C)(=O)=O. The molecule has 8 nitrogen and oxygen atoms in total. The summed E-state index contributed by atoms with van der Waals surface area (Å²) >= 11 is 0. The minimum atomic E-state index is -3.88. The van der Waals surface area contributed by atoms with Gasteiger partial charge < -0.3 is 15.0 Å². The van der Waals surface area contributed by atoms with Crippen LogP contribution in [-0.4, -0.2) is 56.6 Å². The van der Waals surface area contributed by atoms with Gasteiger partial charge in [0.15, 0.2) is 0 Å². The zero-order valence-corrected chi connectivity index (χ0v) is 21.6. The molecule has 0 spiro atoms. The number of nitrogens with zero attached hydrogens (tertiary/aromatic N) is 2. The standard InChI is InChI=1S/C25H34FN3O5S/c1-6-18(3)27-25(31)19(4)28(16-20-12-14-21(26)15-13-20)24(30)17-29(35(5,32)33)22-10-8-9-11-23(22)34-7-2/h8-15,18-19H,6-7,16-17H2,1-5H3,(H,27,31)/t18-,19-/m0/s1. The van der Waals surface area contributed by atoms with E-state index in [4.69, 9.17) is 4.74 Å². The molecule has 0 aromatic heterocycles. The highest BCUT2D eigenvalue weighted by molar-refractivity contribution is 7.92. The lowest BCUT2D eigenvalue weighted by Crippen LogP contribution is -2.52. The largest absolute Gasteiger partial charge is 0.492 e. The van der Waals surface area contributed by atoms with Crippen molar-refractivity contribution in [1.82, 2.24) is 10.2 Å². The number of hydrogen-bond acceptors (Lipinski definition) is 5. The van der Waals surface area contributed by atoms with Crippen molar-refractivity contribution >= 4 is 27.5 Å². The normalized spacial score (nSPS) is 13.0. The molecule has 0 aliphatic heterocycles. The Morgan fingerprint density at radius 1 is 1.06 bits per heavy atom. The molecule has 0 aliphatic carbocycles. The first kappa shape index (κ1) is 28.1. The Hall–Kier alpha value is -3.14. The Balaban J connectivity index is 2.42. The number of para-hydroxylation sites is 2. The van der Waals surface area contributed by atoms with Gasteiger partial charge in [-0.3, -0.25) is 13.9 Å². The molecule has 10 heteroatoms. The molecule has 0 radical (unpaired) electrons. The van der Waals surface area contributed by atoms with Crippen LogP contribution in [0, 0.1) is 5.82 Å². The van der Waals surface area contributed by atoms with Crippen molar-refractivity contribution < 1.29 is 27.1 Å². The summed E-state index contributed by atoms with van der Waals surface area (Å²) in [7, 11) is -3.88. The number of carbonyl (C=O) groups is 2. The molecule has 0 heterocycles. The number of sulfonamides is 1. The molecule has 0 aliphatic rings. The summed E-state index contributed by atoms with van der Waals surface area (Å²) in [6.07, 6.45) is 1.72. The van der Waals surface area contributed by atoms with Crippen LogP contribution in [0.1, 0.15) is 39.7 Å². The Labute approximate surface area is 207 Å². The number of carbonyl (C=O) groups excluding carboxylic acids is 2. The first-order valence-corrected chi connectivity index (χ1v) is 13.4. The molecular formula is C25H34FN3O5S. The molecule has 192 valence electrons. The number of amides is 2. The Kier molecular flexibility index (Phi) is 10.1. The zero-order valence-electron chi connectivity index (χ0n) is 20.8. The van der Waals surface area contributed by atoms with Crippen molar-refractivity contribution in [3.63, 3.8) is 0 Å². The highest BCUT2D eigenvalue weighted by Crippen LogP contribution is 2.30. The van der Waals surface area contributed by atoms with Crippen LogP contribution in [0.3, 0.4) is 0 Å². The predicted octanol–water partition coefficient (Wildman–Crippen LogP) is 3.32. The van der Waals surface area contributed by atoms with Crippen LogP contribution in [0.25, 0.3) is 0 Å². The van der Waals surface area contributed by atoms with Crippen molar-refractivity contribution in [3.8, 4) is 5.75 Å². The third-order valence-corrected chi connectivity index (χ3v) is 6.67. The lowest BCUT2D eigenvalue weighted by molar-refractivity contribution is -0.139. The van der Waals surface area contributed by atoms with Gasteiger partial charge in [-0.1, -0.05) is 31.2 Å². The Morgan fingerprint density at radius 3 is 2.26 bits per heavy atom. The zero-order chi connectivity index (χ0) is 26.2. The van der Waals surface area contributed by atoms with Crippen LogP contribution >= 0.6 is 0 Å². The molecule has 0 saturated carbocycles. The van der Waals surface area contributed by atoms with Crippen molar-refractivity contribution in [2.24, 2.45) is 0 Å². The van der Waals surface area contributed by atoms with Gasteiger partial charge in [0.1, 0.15) is 24.2 Å². The van der Waals surface area contributed by atoms with Crippen LogP contribution in [0.2, 0.25) is 0 Å². The van der Waals surface area contributed by atoms with E-state index >= 15 is 0 Å². The number of rotatable bonds is 12. The topological polar surface area (TPSA) is 96.0 Å². The Morgan fingerprint density at radius 2 is 1.69 bits per heavy atom. The van der Waals surface area contributed by atoms with E-state index in [9.17, 15) is 22.4 Å². The fourth-order valence-electron chi connectivity index (χ4n) is 3.37. The van der Waals surface area contributed by atoms with Gasteiger partial charge >= 0.3 is 0 Å². The first-order chi connectivity index (χ1) is 16.5. The predicted molar refractivity (Wildman–Crippen MR) is 134 cm³/mol. The summed E-state index contributed by atoms with van der Waals surface area (Å²) in [6, 6.07) is 11.1. The van der Waals surface area contributed by atoms with Gasteiger partial charge in [-0.25, -0.2) is 12.8 Å². The fourth-order valence-corrected chi connectivity index (χ4v) is 4.22.